The molecule has 0 spiro atoms. The third-order valence-corrected chi connectivity index (χ3v) is 3.04. The van der Waals surface area contributed by atoms with E-state index in [1.165, 1.54) is 25.1 Å². The SMILES string of the molecule is CC(=O)C=C(C)Nc1cc(F)c([N+](=O)[O-])cc1-c1ccc(C=O)o1. The molecule has 0 fully saturated rings. The minimum atomic E-state index is -1.04. The van der Waals surface area contributed by atoms with Crippen LogP contribution in [0.2, 0.25) is 0 Å². The zero-order valence-electron chi connectivity index (χ0n) is 12.8. The first-order valence-corrected chi connectivity index (χ1v) is 6.81. The second-order valence-electron chi connectivity index (χ2n) is 4.99. The number of carbonyl (C=O) groups excluding carboxylic acids is 2. The van der Waals surface area contributed by atoms with Gasteiger partial charge in [-0.05, 0) is 32.1 Å². The molecule has 0 saturated heterocycles. The molecule has 1 N–H and O–H groups in total. The molecule has 8 heteroatoms. The average molecular weight is 332 g/mol. The van der Waals surface area contributed by atoms with Crippen LogP contribution in [0.4, 0.5) is 15.8 Å². The van der Waals surface area contributed by atoms with E-state index in [1.54, 1.807) is 6.92 Å². The highest BCUT2D eigenvalue weighted by molar-refractivity contribution is 5.89. The van der Waals surface area contributed by atoms with Crippen LogP contribution < -0.4 is 5.32 Å². The van der Waals surface area contributed by atoms with Gasteiger partial charge in [0.25, 0.3) is 0 Å². The number of hydrogen-bond donors (Lipinski definition) is 1. The summed E-state index contributed by atoms with van der Waals surface area (Å²) in [4.78, 5) is 31.9. The van der Waals surface area contributed by atoms with Gasteiger partial charge in [0.15, 0.2) is 17.8 Å². The van der Waals surface area contributed by atoms with E-state index in [2.05, 4.69) is 5.32 Å². The number of allylic oxidation sites excluding steroid dienone is 2. The normalized spacial score (nSPS) is 11.2. The quantitative estimate of drug-likeness (QED) is 0.374. The van der Waals surface area contributed by atoms with Gasteiger partial charge in [0.2, 0.25) is 5.82 Å². The maximum atomic E-state index is 13.9. The molecule has 24 heavy (non-hydrogen) atoms. The van der Waals surface area contributed by atoms with E-state index in [0.29, 0.717) is 12.0 Å². The summed E-state index contributed by atoms with van der Waals surface area (Å²) in [6.07, 6.45) is 1.78. The van der Waals surface area contributed by atoms with Crippen LogP contribution in [-0.4, -0.2) is 17.0 Å². The fourth-order valence-electron chi connectivity index (χ4n) is 2.12. The molecule has 0 radical (unpaired) electrons. The van der Waals surface area contributed by atoms with Gasteiger partial charge in [-0.1, -0.05) is 0 Å². The predicted molar refractivity (Wildman–Crippen MR) is 84.2 cm³/mol. The third-order valence-electron chi connectivity index (χ3n) is 3.04. The topological polar surface area (TPSA) is 102 Å². The number of aldehydes is 1. The first-order chi connectivity index (χ1) is 11.3. The molecule has 0 unspecified atom stereocenters. The lowest BCUT2D eigenvalue weighted by Gasteiger charge is -2.11. The molecule has 0 saturated carbocycles. The number of nitro benzene ring substituents is 1. The first kappa shape index (κ1) is 17.1. The Morgan fingerprint density at radius 1 is 1.33 bits per heavy atom. The van der Waals surface area contributed by atoms with Crippen LogP contribution in [-0.2, 0) is 4.79 Å². The Morgan fingerprint density at radius 3 is 2.58 bits per heavy atom. The number of ketones is 1. The van der Waals surface area contributed by atoms with Crippen LogP contribution >= 0.6 is 0 Å². The van der Waals surface area contributed by atoms with Crippen LogP contribution in [0.5, 0.6) is 0 Å². The maximum absolute atomic E-state index is 13.9. The van der Waals surface area contributed by atoms with E-state index in [0.717, 1.165) is 12.1 Å². The molecule has 0 aliphatic heterocycles. The number of anilines is 1. The highest BCUT2D eigenvalue weighted by Gasteiger charge is 2.21. The Bertz CT molecular complexity index is 854. The first-order valence-electron chi connectivity index (χ1n) is 6.81. The summed E-state index contributed by atoms with van der Waals surface area (Å²) in [7, 11) is 0. The lowest BCUT2D eigenvalue weighted by Crippen LogP contribution is -2.02. The van der Waals surface area contributed by atoms with Crippen molar-refractivity contribution < 1.29 is 23.3 Å². The van der Waals surface area contributed by atoms with E-state index in [9.17, 15) is 24.1 Å². The Labute approximate surface area is 135 Å². The molecule has 2 rings (SSSR count). The second-order valence-corrected chi connectivity index (χ2v) is 4.99. The van der Waals surface area contributed by atoms with Crippen molar-refractivity contribution in [1.29, 1.82) is 0 Å². The highest BCUT2D eigenvalue weighted by Crippen LogP contribution is 2.35. The number of rotatable bonds is 6. The summed E-state index contributed by atoms with van der Waals surface area (Å²) in [5, 5.41) is 13.8. The van der Waals surface area contributed by atoms with Gasteiger partial charge in [-0.15, -0.1) is 0 Å². The van der Waals surface area contributed by atoms with Crippen molar-refractivity contribution in [3.63, 3.8) is 0 Å². The van der Waals surface area contributed by atoms with Gasteiger partial charge in [-0.3, -0.25) is 19.7 Å². The number of nitro groups is 1. The number of hydrogen-bond acceptors (Lipinski definition) is 6. The van der Waals surface area contributed by atoms with Crippen LogP contribution in [0.1, 0.15) is 24.4 Å². The van der Waals surface area contributed by atoms with Crippen molar-refractivity contribution in [3.05, 3.63) is 57.7 Å². The summed E-state index contributed by atoms with van der Waals surface area (Å²) in [6.45, 7) is 2.94. The number of nitrogens with one attached hydrogen (secondary N) is 1. The van der Waals surface area contributed by atoms with Crippen molar-refractivity contribution in [3.8, 4) is 11.3 Å². The fourth-order valence-corrected chi connectivity index (χ4v) is 2.12. The van der Waals surface area contributed by atoms with Crippen molar-refractivity contribution in [2.24, 2.45) is 0 Å². The molecule has 1 heterocycles. The van der Waals surface area contributed by atoms with E-state index in [4.69, 9.17) is 4.42 Å². The molecular formula is C16H13FN2O5. The van der Waals surface area contributed by atoms with Crippen LogP contribution in [0.15, 0.2) is 40.5 Å². The number of furan rings is 1. The lowest BCUT2D eigenvalue weighted by molar-refractivity contribution is -0.387. The van der Waals surface area contributed by atoms with Crippen molar-refractivity contribution in [2.75, 3.05) is 5.32 Å². The van der Waals surface area contributed by atoms with Gasteiger partial charge in [0.05, 0.1) is 10.6 Å². The third kappa shape index (κ3) is 3.72. The summed E-state index contributed by atoms with van der Waals surface area (Å²) in [6, 6.07) is 4.77. The molecule has 1 aromatic heterocycles. The van der Waals surface area contributed by atoms with Gasteiger partial charge < -0.3 is 9.73 Å². The molecular weight excluding hydrogens is 319 g/mol. The van der Waals surface area contributed by atoms with Gasteiger partial charge in [0.1, 0.15) is 5.76 Å². The molecule has 0 aliphatic rings. The van der Waals surface area contributed by atoms with Gasteiger partial charge in [-0.25, -0.2) is 0 Å². The summed E-state index contributed by atoms with van der Waals surface area (Å²) >= 11 is 0. The summed E-state index contributed by atoms with van der Waals surface area (Å²) in [5.41, 5.74) is 0.0411. The zero-order valence-corrected chi connectivity index (χ0v) is 12.8. The van der Waals surface area contributed by atoms with Crippen LogP contribution in [0.25, 0.3) is 11.3 Å². The number of halogens is 1. The minimum absolute atomic E-state index is 0.0268. The van der Waals surface area contributed by atoms with Gasteiger partial charge in [-0.2, -0.15) is 4.39 Å². The maximum Gasteiger partial charge on any atom is 0.305 e. The van der Waals surface area contributed by atoms with E-state index >= 15 is 0 Å². The van der Waals surface area contributed by atoms with Gasteiger partial charge in [0, 0.05) is 23.4 Å². The Balaban J connectivity index is 2.59. The molecule has 2 aromatic rings. The van der Waals surface area contributed by atoms with Crippen molar-refractivity contribution >= 4 is 23.4 Å². The van der Waals surface area contributed by atoms with Crippen molar-refractivity contribution in [2.45, 2.75) is 13.8 Å². The van der Waals surface area contributed by atoms with Crippen LogP contribution in [0.3, 0.4) is 0 Å². The Kier molecular flexibility index (Phi) is 4.88. The predicted octanol–water partition coefficient (Wildman–Crippen LogP) is 3.71. The summed E-state index contributed by atoms with van der Waals surface area (Å²) < 4.78 is 19.2. The Hall–Kier alpha value is -3.29. The number of carbonyl (C=O) groups is 2. The number of nitrogens with zero attached hydrogens (tertiary/aromatic N) is 1. The molecule has 1 aromatic carbocycles. The molecule has 124 valence electrons. The smallest absolute Gasteiger partial charge is 0.305 e. The molecule has 7 nitrogen and oxygen atoms in total. The van der Waals surface area contributed by atoms with E-state index in [1.807, 2.05) is 0 Å². The Morgan fingerprint density at radius 2 is 2.04 bits per heavy atom. The monoisotopic (exact) mass is 332 g/mol. The molecule has 0 atom stereocenters. The number of benzene rings is 1. The molecule has 0 bridgehead atoms. The van der Waals surface area contributed by atoms with E-state index < -0.39 is 16.4 Å². The minimum Gasteiger partial charge on any atom is -0.453 e. The zero-order chi connectivity index (χ0) is 17.9. The van der Waals surface area contributed by atoms with Gasteiger partial charge >= 0.3 is 5.69 Å². The second kappa shape index (κ2) is 6.86. The van der Waals surface area contributed by atoms with E-state index in [-0.39, 0.29) is 28.6 Å². The summed E-state index contributed by atoms with van der Waals surface area (Å²) in [5.74, 6) is -1.08. The van der Waals surface area contributed by atoms with Crippen molar-refractivity contribution in [1.82, 2.24) is 0 Å². The standard InChI is InChI=1S/C16H13FN2O5/c1-9(5-10(2)21)18-14-7-13(17)15(19(22)23)6-12(14)16-4-3-11(8-20)24-16/h3-8,18H,1-2H3. The highest BCUT2D eigenvalue weighted by atomic mass is 19.1. The fraction of sp³-hybridized carbons (Fsp3) is 0.125. The largest absolute Gasteiger partial charge is 0.453 e. The molecule has 0 aliphatic carbocycles. The lowest BCUT2D eigenvalue weighted by atomic mass is 10.1. The molecule has 0 amide bonds. The average Bonchev–Trinajstić information content (AvgIpc) is 2.94. The van der Waals surface area contributed by atoms with Crippen LogP contribution in [0, 0.1) is 15.9 Å².